The Morgan fingerprint density at radius 3 is 2.86 bits per heavy atom. The van der Waals surface area contributed by atoms with E-state index in [1.807, 2.05) is 24.3 Å². The van der Waals surface area contributed by atoms with Gasteiger partial charge in [-0.05, 0) is 43.2 Å². The van der Waals surface area contributed by atoms with E-state index in [9.17, 15) is 13.2 Å². The number of nitrogens with zero attached hydrogens (tertiary/aromatic N) is 1. The van der Waals surface area contributed by atoms with E-state index in [1.165, 1.54) is 23.5 Å². The number of benzene rings is 2. The van der Waals surface area contributed by atoms with Crippen LogP contribution in [0.3, 0.4) is 0 Å². The van der Waals surface area contributed by atoms with Crippen molar-refractivity contribution in [3.05, 3.63) is 59.1 Å². The number of aromatic nitrogens is 1. The lowest BCUT2D eigenvalue weighted by Crippen LogP contribution is -2.32. The monoisotopic (exact) mass is 431 g/mol. The van der Waals surface area contributed by atoms with Gasteiger partial charge in [-0.1, -0.05) is 18.2 Å². The largest absolute Gasteiger partial charge is 0.377 e. The lowest BCUT2D eigenvalue weighted by atomic mass is 10.2. The Morgan fingerprint density at radius 1 is 1.21 bits per heavy atom. The zero-order valence-electron chi connectivity index (χ0n) is 15.6. The molecule has 0 unspecified atom stereocenters. The first-order valence-corrected chi connectivity index (χ1v) is 11.7. The molecule has 1 aliphatic rings. The maximum absolute atomic E-state index is 12.5. The number of hydrogen-bond acceptors (Lipinski definition) is 6. The third-order valence-electron chi connectivity index (χ3n) is 4.67. The first-order valence-electron chi connectivity index (χ1n) is 9.35. The van der Waals surface area contributed by atoms with E-state index >= 15 is 0 Å². The molecular formula is C20H21N3O4S2. The third kappa shape index (κ3) is 4.81. The van der Waals surface area contributed by atoms with Gasteiger partial charge in [0.15, 0.2) is 0 Å². The highest BCUT2D eigenvalue weighted by molar-refractivity contribution is 7.89. The van der Waals surface area contributed by atoms with Gasteiger partial charge in [0.1, 0.15) is 5.01 Å². The molecule has 0 aliphatic carbocycles. The average Bonchev–Trinajstić information content (AvgIpc) is 3.40. The van der Waals surface area contributed by atoms with Gasteiger partial charge in [-0.3, -0.25) is 4.79 Å². The summed E-state index contributed by atoms with van der Waals surface area (Å²) in [5, 5.41) is 3.60. The Kier molecular flexibility index (Phi) is 5.91. The Labute approximate surface area is 173 Å². The molecule has 3 aromatic rings. The van der Waals surface area contributed by atoms with Crippen LogP contribution in [0.4, 0.5) is 0 Å². The lowest BCUT2D eigenvalue weighted by molar-refractivity contribution is 0.0950. The van der Waals surface area contributed by atoms with Gasteiger partial charge in [0, 0.05) is 18.7 Å². The molecule has 1 aromatic heterocycles. The minimum atomic E-state index is -3.71. The van der Waals surface area contributed by atoms with Gasteiger partial charge in [-0.2, -0.15) is 0 Å². The summed E-state index contributed by atoms with van der Waals surface area (Å²) in [5.74, 6) is -0.347. The summed E-state index contributed by atoms with van der Waals surface area (Å²) in [4.78, 5) is 17.1. The van der Waals surface area contributed by atoms with Crippen LogP contribution in [0.1, 0.15) is 28.2 Å². The number of thiazole rings is 1. The number of carbonyl (C=O) groups excluding carboxylic acids is 1. The van der Waals surface area contributed by atoms with Gasteiger partial charge in [0.05, 0.1) is 27.8 Å². The topological polar surface area (TPSA) is 97.4 Å². The Hall–Kier alpha value is -2.33. The number of nitrogens with one attached hydrogen (secondary N) is 2. The van der Waals surface area contributed by atoms with Crippen molar-refractivity contribution in [3.8, 4) is 0 Å². The van der Waals surface area contributed by atoms with E-state index < -0.39 is 10.0 Å². The van der Waals surface area contributed by atoms with Crippen LogP contribution in [-0.4, -0.2) is 38.6 Å². The van der Waals surface area contributed by atoms with Crippen LogP contribution >= 0.6 is 11.3 Å². The first kappa shape index (κ1) is 20.0. The molecule has 1 aliphatic heterocycles. The Morgan fingerprint density at radius 2 is 2.07 bits per heavy atom. The van der Waals surface area contributed by atoms with E-state index in [4.69, 9.17) is 4.74 Å². The number of para-hydroxylation sites is 1. The number of carbonyl (C=O) groups is 1. The zero-order valence-corrected chi connectivity index (χ0v) is 17.3. The fourth-order valence-corrected chi connectivity index (χ4v) is 5.17. The second-order valence-corrected chi connectivity index (χ2v) is 9.65. The molecule has 7 nitrogen and oxygen atoms in total. The van der Waals surface area contributed by atoms with Gasteiger partial charge in [0.2, 0.25) is 10.0 Å². The van der Waals surface area contributed by atoms with Gasteiger partial charge in [0.25, 0.3) is 5.91 Å². The molecular weight excluding hydrogens is 410 g/mol. The predicted octanol–water partition coefficient (Wildman–Crippen LogP) is 2.68. The minimum Gasteiger partial charge on any atom is -0.377 e. The van der Waals surface area contributed by atoms with Crippen LogP contribution in [0.2, 0.25) is 0 Å². The van der Waals surface area contributed by atoms with Crippen molar-refractivity contribution in [1.82, 2.24) is 15.0 Å². The van der Waals surface area contributed by atoms with Crippen molar-refractivity contribution in [1.29, 1.82) is 0 Å². The smallest absolute Gasteiger partial charge is 0.251 e. The Bertz CT molecular complexity index is 1090. The van der Waals surface area contributed by atoms with Crippen molar-refractivity contribution in [2.24, 2.45) is 0 Å². The maximum atomic E-state index is 12.5. The van der Waals surface area contributed by atoms with E-state index in [2.05, 4.69) is 15.0 Å². The number of amides is 1. The molecule has 0 radical (unpaired) electrons. The maximum Gasteiger partial charge on any atom is 0.251 e. The van der Waals surface area contributed by atoms with Gasteiger partial charge >= 0.3 is 0 Å². The summed E-state index contributed by atoms with van der Waals surface area (Å²) < 4.78 is 34.1. The fourth-order valence-electron chi connectivity index (χ4n) is 3.15. The number of ether oxygens (including phenoxy) is 1. The van der Waals surface area contributed by atoms with Crippen molar-refractivity contribution >= 4 is 37.5 Å². The summed E-state index contributed by atoms with van der Waals surface area (Å²) in [7, 11) is -3.71. The lowest BCUT2D eigenvalue weighted by Gasteiger charge is -2.12. The molecule has 1 atom stereocenters. The average molecular weight is 432 g/mol. The fraction of sp³-hybridized carbons (Fsp3) is 0.300. The van der Waals surface area contributed by atoms with E-state index in [-0.39, 0.29) is 35.6 Å². The number of rotatable bonds is 7. The van der Waals surface area contributed by atoms with E-state index in [0.29, 0.717) is 6.61 Å². The van der Waals surface area contributed by atoms with Gasteiger partial charge in [-0.15, -0.1) is 11.3 Å². The molecule has 9 heteroatoms. The van der Waals surface area contributed by atoms with Crippen molar-refractivity contribution < 1.29 is 17.9 Å². The number of hydrogen-bond donors (Lipinski definition) is 2. The van der Waals surface area contributed by atoms with Crippen LogP contribution in [0.25, 0.3) is 10.2 Å². The van der Waals surface area contributed by atoms with Gasteiger partial charge in [-0.25, -0.2) is 18.1 Å². The molecule has 0 saturated carbocycles. The summed E-state index contributed by atoms with van der Waals surface area (Å²) in [6.45, 7) is 1.18. The zero-order chi connectivity index (χ0) is 20.3. The second kappa shape index (κ2) is 8.58. The second-order valence-electron chi connectivity index (χ2n) is 6.77. The summed E-state index contributed by atoms with van der Waals surface area (Å²) in [5.41, 5.74) is 1.18. The highest BCUT2D eigenvalue weighted by atomic mass is 32.2. The highest BCUT2D eigenvalue weighted by Crippen LogP contribution is 2.21. The molecule has 0 spiro atoms. The predicted molar refractivity (Wildman–Crippen MR) is 111 cm³/mol. The van der Waals surface area contributed by atoms with Gasteiger partial charge < -0.3 is 10.1 Å². The molecule has 2 heterocycles. The molecule has 1 amide bonds. The first-order chi connectivity index (χ1) is 14.0. The van der Waals surface area contributed by atoms with Crippen molar-refractivity contribution in [2.45, 2.75) is 30.4 Å². The molecule has 152 valence electrons. The normalized spacial score (nSPS) is 16.9. The number of sulfonamides is 1. The van der Waals surface area contributed by atoms with E-state index in [0.717, 1.165) is 28.1 Å². The molecule has 2 N–H and O–H groups in total. The minimum absolute atomic E-state index is 0.0585. The summed E-state index contributed by atoms with van der Waals surface area (Å²) in [6.07, 6.45) is 1.69. The van der Waals surface area contributed by atoms with Crippen LogP contribution in [0.15, 0.2) is 53.4 Å². The molecule has 1 fully saturated rings. The van der Waals surface area contributed by atoms with Crippen LogP contribution in [0, 0.1) is 0 Å². The summed E-state index contributed by atoms with van der Waals surface area (Å²) in [6, 6.07) is 13.8. The highest BCUT2D eigenvalue weighted by Gasteiger charge is 2.21. The SMILES string of the molecule is O=C(NCc1nc2ccccc2s1)c1cccc(S(=O)(=O)NC[C@H]2CCCO2)c1. The van der Waals surface area contributed by atoms with Crippen molar-refractivity contribution in [2.75, 3.05) is 13.2 Å². The van der Waals surface area contributed by atoms with Crippen LogP contribution in [-0.2, 0) is 21.3 Å². The molecule has 2 aromatic carbocycles. The van der Waals surface area contributed by atoms with E-state index in [1.54, 1.807) is 12.1 Å². The third-order valence-corrected chi connectivity index (χ3v) is 7.13. The van der Waals surface area contributed by atoms with Crippen LogP contribution < -0.4 is 10.0 Å². The summed E-state index contributed by atoms with van der Waals surface area (Å²) >= 11 is 1.52. The molecule has 29 heavy (non-hydrogen) atoms. The van der Waals surface area contributed by atoms with Crippen LogP contribution in [0.5, 0.6) is 0 Å². The quantitative estimate of drug-likeness (QED) is 0.599. The molecule has 4 rings (SSSR count). The number of fused-ring (bicyclic) bond motifs is 1. The van der Waals surface area contributed by atoms with Crippen molar-refractivity contribution in [3.63, 3.8) is 0 Å². The molecule has 1 saturated heterocycles. The molecule has 0 bridgehead atoms. The Balaban J connectivity index is 1.40. The standard InChI is InChI=1S/C20H21N3O4S2/c24-20(21-13-19-23-17-8-1-2-9-18(17)28-19)14-5-3-7-16(11-14)29(25,26)22-12-15-6-4-10-27-15/h1-3,5,7-9,11,15,22H,4,6,10,12-13H2,(H,21,24)/t15-/m1/s1.